The molecule has 0 fully saturated rings. The molecule has 2 N–H and O–H groups in total. The third-order valence-electron chi connectivity index (χ3n) is 2.35. The molecule has 0 aromatic heterocycles. The Balaban J connectivity index is 3.03. The standard InChI is InChI=1S/C11H16FN/c1-8-3-4-9(2)11(5-8)10(6-12)7-13/h3-5,10H,6-7,13H2,1-2H3. The van der Waals surface area contributed by atoms with E-state index in [1.54, 1.807) is 0 Å². The second-order valence-electron chi connectivity index (χ2n) is 3.45. The summed E-state index contributed by atoms with van der Waals surface area (Å²) in [5, 5.41) is 0. The summed E-state index contributed by atoms with van der Waals surface area (Å²) in [5.41, 5.74) is 8.82. The molecule has 72 valence electrons. The van der Waals surface area contributed by atoms with Crippen molar-refractivity contribution in [2.24, 2.45) is 5.73 Å². The molecule has 0 aliphatic rings. The van der Waals surface area contributed by atoms with Crippen LogP contribution in [0.2, 0.25) is 0 Å². The van der Waals surface area contributed by atoms with Crippen LogP contribution in [-0.4, -0.2) is 13.2 Å². The number of aryl methyl sites for hydroxylation is 2. The fraction of sp³-hybridized carbons (Fsp3) is 0.455. The van der Waals surface area contributed by atoms with Crippen LogP contribution in [0.4, 0.5) is 4.39 Å². The molecule has 0 aliphatic carbocycles. The fourth-order valence-electron chi connectivity index (χ4n) is 1.47. The Labute approximate surface area is 78.8 Å². The van der Waals surface area contributed by atoms with Crippen molar-refractivity contribution >= 4 is 0 Å². The minimum Gasteiger partial charge on any atom is -0.330 e. The SMILES string of the molecule is Cc1ccc(C)c(C(CN)CF)c1. The third-order valence-corrected chi connectivity index (χ3v) is 2.35. The Bertz CT molecular complexity index is 279. The number of rotatable bonds is 3. The van der Waals surface area contributed by atoms with Crippen LogP contribution in [0, 0.1) is 13.8 Å². The summed E-state index contributed by atoms with van der Waals surface area (Å²) in [6.45, 7) is 4.00. The average Bonchev–Trinajstić information content (AvgIpc) is 2.13. The Morgan fingerprint density at radius 2 is 2.08 bits per heavy atom. The maximum atomic E-state index is 12.6. The summed E-state index contributed by atoms with van der Waals surface area (Å²) in [5.74, 6) is -0.139. The molecule has 1 aromatic carbocycles. The Kier molecular flexibility index (Phi) is 3.43. The lowest BCUT2D eigenvalue weighted by Gasteiger charge is -2.14. The highest BCUT2D eigenvalue weighted by molar-refractivity contribution is 5.33. The van der Waals surface area contributed by atoms with Crippen molar-refractivity contribution in [3.63, 3.8) is 0 Å². The van der Waals surface area contributed by atoms with Crippen molar-refractivity contribution < 1.29 is 4.39 Å². The number of benzene rings is 1. The van der Waals surface area contributed by atoms with Crippen LogP contribution in [0.3, 0.4) is 0 Å². The van der Waals surface area contributed by atoms with Crippen molar-refractivity contribution in [2.75, 3.05) is 13.2 Å². The molecule has 2 heteroatoms. The van der Waals surface area contributed by atoms with E-state index in [0.717, 1.165) is 16.7 Å². The van der Waals surface area contributed by atoms with Gasteiger partial charge in [0.25, 0.3) is 0 Å². The molecule has 1 aromatic rings. The highest BCUT2D eigenvalue weighted by Gasteiger charge is 2.11. The molecule has 0 saturated carbocycles. The number of nitrogens with two attached hydrogens (primary N) is 1. The van der Waals surface area contributed by atoms with Crippen LogP contribution in [0.1, 0.15) is 22.6 Å². The van der Waals surface area contributed by atoms with Gasteiger partial charge in [-0.25, -0.2) is 0 Å². The van der Waals surface area contributed by atoms with E-state index in [0.29, 0.717) is 6.54 Å². The molecule has 0 heterocycles. The predicted molar refractivity (Wildman–Crippen MR) is 53.7 cm³/mol. The lowest BCUT2D eigenvalue weighted by Crippen LogP contribution is -2.15. The van der Waals surface area contributed by atoms with Gasteiger partial charge in [0.05, 0.1) is 6.67 Å². The normalized spacial score (nSPS) is 12.9. The van der Waals surface area contributed by atoms with Crippen LogP contribution >= 0.6 is 0 Å². The quantitative estimate of drug-likeness (QED) is 0.760. The van der Waals surface area contributed by atoms with Crippen LogP contribution in [0.15, 0.2) is 18.2 Å². The zero-order valence-corrected chi connectivity index (χ0v) is 8.18. The summed E-state index contributed by atoms with van der Waals surface area (Å²) >= 11 is 0. The Morgan fingerprint density at radius 3 is 2.62 bits per heavy atom. The van der Waals surface area contributed by atoms with E-state index in [-0.39, 0.29) is 12.6 Å². The summed E-state index contributed by atoms with van der Waals surface area (Å²) in [7, 11) is 0. The van der Waals surface area contributed by atoms with Gasteiger partial charge in [0, 0.05) is 12.5 Å². The van der Waals surface area contributed by atoms with E-state index in [2.05, 4.69) is 0 Å². The number of hydrogen-bond acceptors (Lipinski definition) is 1. The summed E-state index contributed by atoms with van der Waals surface area (Å²) < 4.78 is 12.6. The van der Waals surface area contributed by atoms with Gasteiger partial charge in [0.1, 0.15) is 0 Å². The van der Waals surface area contributed by atoms with Crippen LogP contribution in [-0.2, 0) is 0 Å². The zero-order valence-electron chi connectivity index (χ0n) is 8.18. The molecular weight excluding hydrogens is 165 g/mol. The topological polar surface area (TPSA) is 26.0 Å². The van der Waals surface area contributed by atoms with Crippen molar-refractivity contribution in [1.29, 1.82) is 0 Å². The second kappa shape index (κ2) is 4.38. The van der Waals surface area contributed by atoms with Crippen LogP contribution in [0.25, 0.3) is 0 Å². The van der Waals surface area contributed by atoms with E-state index in [4.69, 9.17) is 5.73 Å². The fourth-order valence-corrected chi connectivity index (χ4v) is 1.47. The predicted octanol–water partition coefficient (Wildman–Crippen LogP) is 2.32. The van der Waals surface area contributed by atoms with Crippen molar-refractivity contribution in [3.8, 4) is 0 Å². The molecule has 1 unspecified atom stereocenters. The van der Waals surface area contributed by atoms with E-state index in [9.17, 15) is 4.39 Å². The lowest BCUT2D eigenvalue weighted by atomic mass is 9.94. The van der Waals surface area contributed by atoms with Crippen molar-refractivity contribution in [2.45, 2.75) is 19.8 Å². The van der Waals surface area contributed by atoms with Crippen molar-refractivity contribution in [3.05, 3.63) is 34.9 Å². The van der Waals surface area contributed by atoms with Gasteiger partial charge < -0.3 is 5.73 Å². The third kappa shape index (κ3) is 2.28. The summed E-state index contributed by atoms with van der Waals surface area (Å²) in [6.07, 6.45) is 0. The number of hydrogen-bond donors (Lipinski definition) is 1. The largest absolute Gasteiger partial charge is 0.330 e. The molecule has 0 aliphatic heterocycles. The van der Waals surface area contributed by atoms with Gasteiger partial charge in [0.2, 0.25) is 0 Å². The van der Waals surface area contributed by atoms with E-state index in [1.807, 2.05) is 32.0 Å². The molecule has 0 amide bonds. The highest BCUT2D eigenvalue weighted by Crippen LogP contribution is 2.20. The van der Waals surface area contributed by atoms with E-state index in [1.165, 1.54) is 0 Å². The lowest BCUT2D eigenvalue weighted by molar-refractivity contribution is 0.433. The van der Waals surface area contributed by atoms with Gasteiger partial charge in [-0.15, -0.1) is 0 Å². The maximum Gasteiger partial charge on any atom is 0.0975 e. The molecule has 0 saturated heterocycles. The zero-order chi connectivity index (χ0) is 9.84. The molecule has 13 heavy (non-hydrogen) atoms. The van der Waals surface area contributed by atoms with Gasteiger partial charge in [-0.3, -0.25) is 4.39 Å². The first-order valence-corrected chi connectivity index (χ1v) is 4.52. The van der Waals surface area contributed by atoms with Crippen LogP contribution < -0.4 is 5.73 Å². The Morgan fingerprint density at radius 1 is 1.38 bits per heavy atom. The smallest absolute Gasteiger partial charge is 0.0975 e. The minimum absolute atomic E-state index is 0.139. The molecule has 1 nitrogen and oxygen atoms in total. The first kappa shape index (κ1) is 10.2. The molecular formula is C11H16FN. The minimum atomic E-state index is -0.374. The first-order valence-electron chi connectivity index (χ1n) is 4.52. The van der Waals surface area contributed by atoms with E-state index < -0.39 is 0 Å². The van der Waals surface area contributed by atoms with E-state index >= 15 is 0 Å². The molecule has 0 spiro atoms. The number of alkyl halides is 1. The monoisotopic (exact) mass is 181 g/mol. The summed E-state index contributed by atoms with van der Waals surface area (Å²) in [6, 6.07) is 6.07. The maximum absolute atomic E-state index is 12.6. The Hall–Kier alpha value is -0.890. The van der Waals surface area contributed by atoms with Gasteiger partial charge in [-0.2, -0.15) is 0 Å². The number of halogens is 1. The van der Waals surface area contributed by atoms with Gasteiger partial charge >= 0.3 is 0 Å². The van der Waals surface area contributed by atoms with Crippen molar-refractivity contribution in [1.82, 2.24) is 0 Å². The van der Waals surface area contributed by atoms with Crippen LogP contribution in [0.5, 0.6) is 0 Å². The summed E-state index contributed by atoms with van der Waals surface area (Å²) in [4.78, 5) is 0. The van der Waals surface area contributed by atoms with Gasteiger partial charge in [-0.05, 0) is 25.0 Å². The van der Waals surface area contributed by atoms with Gasteiger partial charge in [0.15, 0.2) is 0 Å². The highest BCUT2D eigenvalue weighted by atomic mass is 19.1. The first-order chi connectivity index (χ1) is 6.19. The molecule has 1 atom stereocenters. The molecule has 1 rings (SSSR count). The molecule has 0 radical (unpaired) electrons. The average molecular weight is 181 g/mol. The van der Waals surface area contributed by atoms with Gasteiger partial charge in [-0.1, -0.05) is 23.8 Å². The second-order valence-corrected chi connectivity index (χ2v) is 3.45. The molecule has 0 bridgehead atoms.